The van der Waals surface area contributed by atoms with Gasteiger partial charge in [0.05, 0.1) is 19.1 Å². The predicted molar refractivity (Wildman–Crippen MR) is 88.0 cm³/mol. The summed E-state index contributed by atoms with van der Waals surface area (Å²) in [6, 6.07) is 8.24. The monoisotopic (exact) mass is 315 g/mol. The summed E-state index contributed by atoms with van der Waals surface area (Å²) in [4.78, 5) is 2.16. The number of hydrogen-bond donors (Lipinski definition) is 1. The maximum absolute atomic E-state index is 9.92. The molecule has 5 heteroatoms. The Morgan fingerprint density at radius 1 is 1.22 bits per heavy atom. The van der Waals surface area contributed by atoms with Crippen LogP contribution in [0.3, 0.4) is 0 Å². The number of nitrogens with zero attached hydrogens (tertiary/aromatic N) is 3. The van der Waals surface area contributed by atoms with Gasteiger partial charge in [-0.2, -0.15) is 0 Å². The van der Waals surface area contributed by atoms with Crippen LogP contribution in [0.25, 0.3) is 0 Å². The molecule has 23 heavy (non-hydrogen) atoms. The third kappa shape index (κ3) is 4.18. The topological polar surface area (TPSA) is 62.4 Å². The SMILES string of the molecule is Cc1ccccc1Cc1nnc(CN(C)CC2CCCC2O)o1. The predicted octanol–water partition coefficient (Wildman–Crippen LogP) is 2.56. The highest BCUT2D eigenvalue weighted by Crippen LogP contribution is 2.26. The van der Waals surface area contributed by atoms with Crippen LogP contribution in [0.1, 0.15) is 42.2 Å². The van der Waals surface area contributed by atoms with Crippen LogP contribution in [0.15, 0.2) is 28.7 Å². The van der Waals surface area contributed by atoms with Crippen molar-refractivity contribution >= 4 is 0 Å². The van der Waals surface area contributed by atoms with Crippen LogP contribution in [0.4, 0.5) is 0 Å². The van der Waals surface area contributed by atoms with Crippen molar-refractivity contribution in [1.82, 2.24) is 15.1 Å². The summed E-state index contributed by atoms with van der Waals surface area (Å²) in [7, 11) is 2.04. The number of hydrogen-bond acceptors (Lipinski definition) is 5. The minimum Gasteiger partial charge on any atom is -0.424 e. The zero-order valence-electron chi connectivity index (χ0n) is 13.9. The molecule has 0 amide bonds. The van der Waals surface area contributed by atoms with Crippen LogP contribution in [0.2, 0.25) is 0 Å². The first-order valence-electron chi connectivity index (χ1n) is 8.34. The second kappa shape index (κ2) is 7.23. The first-order valence-corrected chi connectivity index (χ1v) is 8.34. The molecule has 2 unspecified atom stereocenters. The fraction of sp³-hybridized carbons (Fsp3) is 0.556. The number of rotatable bonds is 6. The van der Waals surface area contributed by atoms with Gasteiger partial charge in [-0.05, 0) is 43.9 Å². The Hall–Kier alpha value is -1.72. The lowest BCUT2D eigenvalue weighted by atomic mass is 10.1. The smallest absolute Gasteiger partial charge is 0.230 e. The molecular formula is C18H25N3O2. The molecule has 1 heterocycles. The molecule has 1 aliphatic carbocycles. The Labute approximate surface area is 137 Å². The summed E-state index contributed by atoms with van der Waals surface area (Å²) in [6.45, 7) is 3.59. The van der Waals surface area contributed by atoms with Gasteiger partial charge in [0.1, 0.15) is 0 Å². The van der Waals surface area contributed by atoms with E-state index in [0.717, 1.165) is 25.8 Å². The zero-order valence-corrected chi connectivity index (χ0v) is 13.9. The van der Waals surface area contributed by atoms with Crippen molar-refractivity contribution in [2.75, 3.05) is 13.6 Å². The van der Waals surface area contributed by atoms with Gasteiger partial charge in [0.15, 0.2) is 0 Å². The average Bonchev–Trinajstić information content (AvgIpc) is 3.11. The highest BCUT2D eigenvalue weighted by Gasteiger charge is 2.26. The van der Waals surface area contributed by atoms with Gasteiger partial charge in [0.2, 0.25) is 11.8 Å². The van der Waals surface area contributed by atoms with Gasteiger partial charge in [-0.15, -0.1) is 10.2 Å². The minimum absolute atomic E-state index is 0.156. The molecule has 0 radical (unpaired) electrons. The summed E-state index contributed by atoms with van der Waals surface area (Å²) in [5, 5.41) is 18.2. The van der Waals surface area contributed by atoms with E-state index in [-0.39, 0.29) is 6.10 Å². The fourth-order valence-electron chi connectivity index (χ4n) is 3.32. The van der Waals surface area contributed by atoms with Gasteiger partial charge in [-0.3, -0.25) is 4.90 Å². The molecule has 3 rings (SSSR count). The first-order chi connectivity index (χ1) is 11.1. The molecule has 1 N–H and O–H groups in total. The van der Waals surface area contributed by atoms with Crippen LogP contribution < -0.4 is 0 Å². The van der Waals surface area contributed by atoms with E-state index in [1.807, 2.05) is 19.2 Å². The summed E-state index contributed by atoms with van der Waals surface area (Å²) in [5.74, 6) is 1.67. The molecule has 2 atom stereocenters. The summed E-state index contributed by atoms with van der Waals surface area (Å²) in [6.07, 6.45) is 3.68. The van der Waals surface area contributed by atoms with Crippen LogP contribution in [-0.4, -0.2) is 39.9 Å². The van der Waals surface area contributed by atoms with Gasteiger partial charge in [-0.25, -0.2) is 0 Å². The lowest BCUT2D eigenvalue weighted by Gasteiger charge is -2.21. The molecule has 0 aliphatic heterocycles. The minimum atomic E-state index is -0.156. The third-order valence-electron chi connectivity index (χ3n) is 4.68. The Morgan fingerprint density at radius 2 is 2.00 bits per heavy atom. The largest absolute Gasteiger partial charge is 0.424 e. The zero-order chi connectivity index (χ0) is 16.2. The summed E-state index contributed by atoms with van der Waals surface area (Å²) >= 11 is 0. The molecule has 2 aromatic rings. The molecule has 1 fully saturated rings. The van der Waals surface area contributed by atoms with Gasteiger partial charge in [-0.1, -0.05) is 30.7 Å². The molecule has 0 spiro atoms. The Balaban J connectivity index is 1.55. The van der Waals surface area contributed by atoms with Crippen LogP contribution >= 0.6 is 0 Å². The van der Waals surface area contributed by atoms with E-state index in [1.165, 1.54) is 11.1 Å². The quantitative estimate of drug-likeness (QED) is 0.887. The molecule has 1 saturated carbocycles. The molecule has 1 aliphatic rings. The highest BCUT2D eigenvalue weighted by atomic mass is 16.4. The van der Waals surface area contributed by atoms with E-state index < -0.39 is 0 Å². The summed E-state index contributed by atoms with van der Waals surface area (Å²) in [5.41, 5.74) is 2.45. The molecule has 0 bridgehead atoms. The molecule has 1 aromatic carbocycles. The maximum atomic E-state index is 9.92. The van der Waals surface area contributed by atoms with Crippen LogP contribution in [-0.2, 0) is 13.0 Å². The number of aliphatic hydroxyl groups excluding tert-OH is 1. The Morgan fingerprint density at radius 3 is 2.74 bits per heavy atom. The Bertz CT molecular complexity index is 641. The van der Waals surface area contributed by atoms with Crippen LogP contribution in [0.5, 0.6) is 0 Å². The lowest BCUT2D eigenvalue weighted by Crippen LogP contribution is -2.29. The number of benzene rings is 1. The maximum Gasteiger partial charge on any atom is 0.230 e. The van der Waals surface area contributed by atoms with Crippen molar-refractivity contribution < 1.29 is 9.52 Å². The normalized spacial score (nSPS) is 21.2. The number of aliphatic hydroxyl groups is 1. The van der Waals surface area contributed by atoms with E-state index in [9.17, 15) is 5.11 Å². The standard InChI is InChI=1S/C18H25N3O2/c1-13-6-3-4-7-14(13)10-17-19-20-18(23-17)12-21(2)11-15-8-5-9-16(15)22/h3-4,6-7,15-16,22H,5,8-12H2,1-2H3. The van der Waals surface area contributed by atoms with Crippen molar-refractivity contribution in [3.05, 3.63) is 47.2 Å². The van der Waals surface area contributed by atoms with Crippen molar-refractivity contribution in [2.45, 2.75) is 45.3 Å². The van der Waals surface area contributed by atoms with E-state index in [1.54, 1.807) is 0 Å². The fourth-order valence-corrected chi connectivity index (χ4v) is 3.32. The third-order valence-corrected chi connectivity index (χ3v) is 4.68. The van der Waals surface area contributed by atoms with Gasteiger partial charge in [0, 0.05) is 6.54 Å². The lowest BCUT2D eigenvalue weighted by molar-refractivity contribution is 0.105. The van der Waals surface area contributed by atoms with Gasteiger partial charge < -0.3 is 9.52 Å². The molecular weight excluding hydrogens is 290 g/mol. The van der Waals surface area contributed by atoms with E-state index in [4.69, 9.17) is 4.42 Å². The highest BCUT2D eigenvalue weighted by molar-refractivity contribution is 5.27. The van der Waals surface area contributed by atoms with Crippen molar-refractivity contribution in [2.24, 2.45) is 5.92 Å². The summed E-state index contributed by atoms with van der Waals surface area (Å²) < 4.78 is 5.78. The van der Waals surface area contributed by atoms with Crippen molar-refractivity contribution in [3.8, 4) is 0 Å². The van der Waals surface area contributed by atoms with Gasteiger partial charge >= 0.3 is 0 Å². The van der Waals surface area contributed by atoms with E-state index in [0.29, 0.717) is 30.7 Å². The second-order valence-electron chi connectivity index (χ2n) is 6.65. The van der Waals surface area contributed by atoms with E-state index >= 15 is 0 Å². The Kier molecular flexibility index (Phi) is 5.08. The number of aryl methyl sites for hydroxylation is 1. The number of aromatic nitrogens is 2. The van der Waals surface area contributed by atoms with Crippen molar-refractivity contribution in [1.29, 1.82) is 0 Å². The van der Waals surface area contributed by atoms with Crippen LogP contribution in [0, 0.1) is 12.8 Å². The molecule has 1 aromatic heterocycles. The average molecular weight is 315 g/mol. The molecule has 0 saturated heterocycles. The molecule has 5 nitrogen and oxygen atoms in total. The second-order valence-corrected chi connectivity index (χ2v) is 6.65. The first kappa shape index (κ1) is 16.1. The van der Waals surface area contributed by atoms with Crippen molar-refractivity contribution in [3.63, 3.8) is 0 Å². The van der Waals surface area contributed by atoms with E-state index in [2.05, 4.69) is 34.2 Å². The van der Waals surface area contributed by atoms with Gasteiger partial charge in [0.25, 0.3) is 0 Å². The molecule has 124 valence electrons.